The van der Waals surface area contributed by atoms with Gasteiger partial charge in [-0.1, -0.05) is 0 Å². The molecule has 1 saturated heterocycles. The maximum absolute atomic E-state index is 13.3. The van der Waals surface area contributed by atoms with E-state index in [1.807, 2.05) is 0 Å². The lowest BCUT2D eigenvalue weighted by molar-refractivity contribution is -0.384. The average Bonchev–Trinajstić information content (AvgIpc) is 2.45. The number of benzene rings is 1. The van der Waals surface area contributed by atoms with E-state index >= 15 is 0 Å². The topological polar surface area (TPSA) is 75.9 Å². The molecule has 1 amide bonds. The minimum Gasteiger partial charge on any atom is -0.383 e. The molecule has 0 aliphatic carbocycles. The third kappa shape index (κ3) is 3.46. The van der Waals surface area contributed by atoms with Gasteiger partial charge < -0.3 is 14.5 Å². The minimum atomic E-state index is -0.573. The molecule has 1 heterocycles. The minimum absolute atomic E-state index is 0.00594. The van der Waals surface area contributed by atoms with Gasteiger partial charge in [0.1, 0.15) is 11.5 Å². The molecule has 114 valence electrons. The fourth-order valence-corrected chi connectivity index (χ4v) is 2.26. The Balaban J connectivity index is 2.16. The Morgan fingerprint density at radius 3 is 2.81 bits per heavy atom. The number of nitro benzene ring substituents is 1. The van der Waals surface area contributed by atoms with Gasteiger partial charge in [0.15, 0.2) is 0 Å². The third-order valence-electron chi connectivity index (χ3n) is 3.36. The van der Waals surface area contributed by atoms with Crippen molar-refractivity contribution in [2.24, 2.45) is 0 Å². The van der Waals surface area contributed by atoms with E-state index in [1.165, 1.54) is 4.90 Å². The molecule has 0 N–H and O–H groups in total. The van der Waals surface area contributed by atoms with Crippen LogP contribution in [-0.2, 0) is 9.53 Å². The number of methoxy groups -OCH3 is 1. The van der Waals surface area contributed by atoms with Gasteiger partial charge in [-0.05, 0) is 6.07 Å². The van der Waals surface area contributed by atoms with Crippen LogP contribution in [-0.4, -0.2) is 55.6 Å². The molecule has 1 aliphatic rings. The van der Waals surface area contributed by atoms with E-state index in [0.717, 1.165) is 18.2 Å². The number of amides is 1. The van der Waals surface area contributed by atoms with Crippen LogP contribution in [0, 0.1) is 15.9 Å². The number of carbonyl (C=O) groups excluding carboxylic acids is 1. The van der Waals surface area contributed by atoms with Crippen LogP contribution >= 0.6 is 0 Å². The maximum atomic E-state index is 13.3. The fraction of sp³-hybridized carbons (Fsp3) is 0.462. The summed E-state index contributed by atoms with van der Waals surface area (Å²) in [6, 6.07) is 3.25. The van der Waals surface area contributed by atoms with Crippen molar-refractivity contribution in [3.63, 3.8) is 0 Å². The molecule has 7 nitrogen and oxygen atoms in total. The fourth-order valence-electron chi connectivity index (χ4n) is 2.26. The predicted molar refractivity (Wildman–Crippen MR) is 73.7 cm³/mol. The van der Waals surface area contributed by atoms with Crippen molar-refractivity contribution >= 4 is 17.3 Å². The normalized spacial score (nSPS) is 15.4. The number of ether oxygens (including phenoxy) is 1. The Bertz CT molecular complexity index is 552. The molecule has 0 saturated carbocycles. The van der Waals surface area contributed by atoms with E-state index < -0.39 is 10.7 Å². The van der Waals surface area contributed by atoms with Crippen LogP contribution in [0.15, 0.2) is 18.2 Å². The Labute approximate surface area is 121 Å². The number of rotatable bonds is 5. The summed E-state index contributed by atoms with van der Waals surface area (Å²) >= 11 is 0. The number of anilines is 1. The van der Waals surface area contributed by atoms with Crippen molar-refractivity contribution < 1.29 is 18.8 Å². The quantitative estimate of drug-likeness (QED) is 0.599. The van der Waals surface area contributed by atoms with Gasteiger partial charge >= 0.3 is 0 Å². The van der Waals surface area contributed by atoms with Crippen LogP contribution < -0.4 is 4.90 Å². The van der Waals surface area contributed by atoms with Gasteiger partial charge in [-0.3, -0.25) is 14.9 Å². The molecular weight excluding hydrogens is 281 g/mol. The second-order valence-corrected chi connectivity index (χ2v) is 4.69. The molecular formula is C13H16FN3O4. The van der Waals surface area contributed by atoms with Gasteiger partial charge in [0, 0.05) is 38.9 Å². The molecule has 21 heavy (non-hydrogen) atoms. The highest BCUT2D eigenvalue weighted by atomic mass is 19.1. The standard InChI is InChI=1S/C13H16FN3O4/c1-21-7-6-15-4-5-16(9-13(15)18)12-8-10(14)2-3-11(12)17(19)20/h2-3,8H,4-7,9H2,1H3. The summed E-state index contributed by atoms with van der Waals surface area (Å²) in [6.45, 7) is 1.75. The maximum Gasteiger partial charge on any atom is 0.292 e. The van der Waals surface area contributed by atoms with Gasteiger partial charge in [-0.15, -0.1) is 0 Å². The first-order valence-corrected chi connectivity index (χ1v) is 6.48. The Kier molecular flexibility index (Phi) is 4.69. The van der Waals surface area contributed by atoms with Crippen LogP contribution in [0.1, 0.15) is 0 Å². The van der Waals surface area contributed by atoms with E-state index in [9.17, 15) is 19.3 Å². The molecule has 1 aromatic rings. The smallest absolute Gasteiger partial charge is 0.292 e. The summed E-state index contributed by atoms with van der Waals surface area (Å²) in [5.74, 6) is -0.721. The summed E-state index contributed by atoms with van der Waals surface area (Å²) in [5.41, 5.74) is -0.0608. The molecule has 0 bridgehead atoms. The summed E-state index contributed by atoms with van der Waals surface area (Å²) in [5, 5.41) is 11.0. The number of hydrogen-bond acceptors (Lipinski definition) is 5. The molecule has 2 rings (SSSR count). The number of nitrogens with zero attached hydrogens (tertiary/aromatic N) is 3. The zero-order chi connectivity index (χ0) is 15.4. The zero-order valence-corrected chi connectivity index (χ0v) is 11.6. The van der Waals surface area contributed by atoms with Gasteiger partial charge in [0.25, 0.3) is 5.69 Å². The molecule has 1 aliphatic heterocycles. The number of nitro groups is 1. The van der Waals surface area contributed by atoms with Crippen LogP contribution in [0.3, 0.4) is 0 Å². The first kappa shape index (κ1) is 15.2. The van der Waals surface area contributed by atoms with Crippen LogP contribution in [0.4, 0.5) is 15.8 Å². The highest BCUT2D eigenvalue weighted by Gasteiger charge is 2.28. The molecule has 1 aromatic carbocycles. The molecule has 0 aromatic heterocycles. The van der Waals surface area contributed by atoms with Crippen LogP contribution in [0.2, 0.25) is 0 Å². The van der Waals surface area contributed by atoms with Crippen LogP contribution in [0.5, 0.6) is 0 Å². The van der Waals surface area contributed by atoms with E-state index in [4.69, 9.17) is 4.74 Å². The van der Waals surface area contributed by atoms with E-state index in [-0.39, 0.29) is 23.8 Å². The third-order valence-corrected chi connectivity index (χ3v) is 3.36. The number of piperazine rings is 1. The number of halogens is 1. The van der Waals surface area contributed by atoms with Gasteiger partial charge in [0.05, 0.1) is 18.1 Å². The Morgan fingerprint density at radius 2 is 2.19 bits per heavy atom. The van der Waals surface area contributed by atoms with Gasteiger partial charge in [-0.25, -0.2) is 4.39 Å². The highest BCUT2D eigenvalue weighted by Crippen LogP contribution is 2.29. The molecule has 0 unspecified atom stereocenters. The van der Waals surface area contributed by atoms with Gasteiger partial charge in [0.2, 0.25) is 5.91 Å². The van der Waals surface area contributed by atoms with Crippen molar-refractivity contribution in [2.45, 2.75) is 0 Å². The zero-order valence-electron chi connectivity index (χ0n) is 11.6. The summed E-state index contributed by atoms with van der Waals surface area (Å²) in [4.78, 5) is 25.6. The largest absolute Gasteiger partial charge is 0.383 e. The molecule has 0 atom stereocenters. The predicted octanol–water partition coefficient (Wildman–Crippen LogP) is 1.03. The molecule has 0 spiro atoms. The number of carbonyl (C=O) groups is 1. The first-order chi connectivity index (χ1) is 10.0. The molecule has 0 radical (unpaired) electrons. The van der Waals surface area contributed by atoms with Crippen molar-refractivity contribution in [3.05, 3.63) is 34.1 Å². The average molecular weight is 297 g/mol. The van der Waals surface area contributed by atoms with Crippen molar-refractivity contribution in [1.82, 2.24) is 4.90 Å². The Morgan fingerprint density at radius 1 is 1.43 bits per heavy atom. The van der Waals surface area contributed by atoms with E-state index in [1.54, 1.807) is 12.0 Å². The van der Waals surface area contributed by atoms with E-state index in [0.29, 0.717) is 26.2 Å². The number of hydrogen-bond donors (Lipinski definition) is 0. The second-order valence-electron chi connectivity index (χ2n) is 4.69. The summed E-state index contributed by atoms with van der Waals surface area (Å²) in [7, 11) is 1.55. The monoisotopic (exact) mass is 297 g/mol. The van der Waals surface area contributed by atoms with Crippen molar-refractivity contribution in [3.8, 4) is 0 Å². The summed E-state index contributed by atoms with van der Waals surface area (Å²) in [6.07, 6.45) is 0. The van der Waals surface area contributed by atoms with Crippen molar-refractivity contribution in [1.29, 1.82) is 0 Å². The summed E-state index contributed by atoms with van der Waals surface area (Å²) < 4.78 is 18.3. The van der Waals surface area contributed by atoms with Gasteiger partial charge in [-0.2, -0.15) is 0 Å². The molecule has 8 heteroatoms. The van der Waals surface area contributed by atoms with Crippen LogP contribution in [0.25, 0.3) is 0 Å². The highest BCUT2D eigenvalue weighted by molar-refractivity contribution is 5.84. The lowest BCUT2D eigenvalue weighted by Gasteiger charge is -2.35. The first-order valence-electron chi connectivity index (χ1n) is 6.48. The van der Waals surface area contributed by atoms with Crippen molar-refractivity contribution in [2.75, 3.05) is 44.8 Å². The Hall–Kier alpha value is -2.22. The molecule has 1 fully saturated rings. The van der Waals surface area contributed by atoms with E-state index in [2.05, 4.69) is 0 Å². The second kappa shape index (κ2) is 6.49. The lowest BCUT2D eigenvalue weighted by atomic mass is 10.2. The lowest BCUT2D eigenvalue weighted by Crippen LogP contribution is -2.51. The SMILES string of the molecule is COCCN1CCN(c2cc(F)ccc2[N+](=O)[O-])CC1=O.